The number of carbonyl (C=O) groups is 2. The third-order valence-electron chi connectivity index (χ3n) is 4.19. The lowest BCUT2D eigenvalue weighted by Crippen LogP contribution is -2.18. The van der Waals surface area contributed by atoms with Crippen molar-refractivity contribution in [3.05, 3.63) is 83.9 Å². The number of hydrogen-bond acceptors (Lipinski definition) is 5. The van der Waals surface area contributed by atoms with E-state index in [1.54, 1.807) is 24.3 Å². The van der Waals surface area contributed by atoms with Crippen molar-refractivity contribution >= 4 is 33.2 Å². The topological polar surface area (TPSA) is 128 Å². The molecule has 0 aliphatic heterocycles. The van der Waals surface area contributed by atoms with E-state index < -0.39 is 21.8 Å². The minimum Gasteiger partial charge on any atom is -0.497 e. The lowest BCUT2D eigenvalue weighted by Gasteiger charge is -2.11. The summed E-state index contributed by atoms with van der Waals surface area (Å²) in [5.41, 5.74) is 6.16. The Morgan fingerprint density at radius 1 is 0.933 bits per heavy atom. The predicted molar refractivity (Wildman–Crippen MR) is 113 cm³/mol. The molecule has 0 bridgehead atoms. The van der Waals surface area contributed by atoms with Crippen LogP contribution in [0.1, 0.15) is 20.7 Å². The molecule has 3 aromatic carbocycles. The molecule has 0 fully saturated rings. The molecule has 0 heterocycles. The van der Waals surface area contributed by atoms with Gasteiger partial charge in [-0.15, -0.1) is 0 Å². The van der Waals surface area contributed by atoms with Gasteiger partial charge in [-0.05, 0) is 54.6 Å². The second kappa shape index (κ2) is 8.66. The SMILES string of the molecule is COc1ccc(S(=O)(=O)Nc2cccc(C(=O)Nc3ccccc3C(N)=O)c2)cc1. The zero-order valence-electron chi connectivity index (χ0n) is 16.0. The van der Waals surface area contributed by atoms with E-state index in [4.69, 9.17) is 10.5 Å². The number of amides is 2. The summed E-state index contributed by atoms with van der Waals surface area (Å²) in [6.45, 7) is 0. The van der Waals surface area contributed by atoms with Gasteiger partial charge in [0, 0.05) is 11.3 Å². The highest BCUT2D eigenvalue weighted by Crippen LogP contribution is 2.21. The maximum absolute atomic E-state index is 12.6. The molecule has 30 heavy (non-hydrogen) atoms. The van der Waals surface area contributed by atoms with Gasteiger partial charge in [-0.3, -0.25) is 14.3 Å². The number of methoxy groups -OCH3 is 1. The van der Waals surface area contributed by atoms with E-state index in [0.29, 0.717) is 5.75 Å². The highest BCUT2D eigenvalue weighted by atomic mass is 32.2. The van der Waals surface area contributed by atoms with E-state index >= 15 is 0 Å². The van der Waals surface area contributed by atoms with Crippen molar-refractivity contribution < 1.29 is 22.7 Å². The van der Waals surface area contributed by atoms with Gasteiger partial charge in [-0.25, -0.2) is 8.42 Å². The summed E-state index contributed by atoms with van der Waals surface area (Å²) in [6, 6.07) is 18.2. The van der Waals surface area contributed by atoms with Crippen molar-refractivity contribution in [2.24, 2.45) is 5.73 Å². The first kappa shape index (κ1) is 20.9. The first-order valence-electron chi connectivity index (χ1n) is 8.77. The summed E-state index contributed by atoms with van der Waals surface area (Å²) >= 11 is 0. The predicted octanol–water partition coefficient (Wildman–Crippen LogP) is 2.85. The van der Waals surface area contributed by atoms with Crippen molar-refractivity contribution in [3.63, 3.8) is 0 Å². The third-order valence-corrected chi connectivity index (χ3v) is 5.58. The molecule has 0 saturated carbocycles. The van der Waals surface area contributed by atoms with Crippen LogP contribution in [-0.4, -0.2) is 27.3 Å². The fraction of sp³-hybridized carbons (Fsp3) is 0.0476. The Bertz CT molecular complexity index is 1190. The van der Waals surface area contributed by atoms with Crippen molar-refractivity contribution in [1.29, 1.82) is 0 Å². The van der Waals surface area contributed by atoms with Gasteiger partial charge >= 0.3 is 0 Å². The molecule has 0 aliphatic carbocycles. The van der Waals surface area contributed by atoms with Crippen LogP contribution >= 0.6 is 0 Å². The van der Waals surface area contributed by atoms with Crippen molar-refractivity contribution in [1.82, 2.24) is 0 Å². The Morgan fingerprint density at radius 3 is 2.30 bits per heavy atom. The molecule has 0 saturated heterocycles. The smallest absolute Gasteiger partial charge is 0.261 e. The normalized spacial score (nSPS) is 10.8. The molecule has 8 nitrogen and oxygen atoms in total. The number of benzene rings is 3. The molecule has 2 amide bonds. The van der Waals surface area contributed by atoms with E-state index in [1.807, 2.05) is 0 Å². The van der Waals surface area contributed by atoms with Crippen LogP contribution in [0.3, 0.4) is 0 Å². The van der Waals surface area contributed by atoms with E-state index in [2.05, 4.69) is 10.0 Å². The van der Waals surface area contributed by atoms with Crippen LogP contribution in [0, 0.1) is 0 Å². The molecular formula is C21H19N3O5S. The Labute approximate surface area is 173 Å². The fourth-order valence-electron chi connectivity index (χ4n) is 2.69. The molecule has 0 unspecified atom stereocenters. The second-order valence-corrected chi connectivity index (χ2v) is 7.91. The number of anilines is 2. The highest BCUT2D eigenvalue weighted by molar-refractivity contribution is 7.92. The van der Waals surface area contributed by atoms with Crippen LogP contribution in [0.25, 0.3) is 0 Å². The van der Waals surface area contributed by atoms with Crippen LogP contribution in [-0.2, 0) is 10.0 Å². The molecule has 0 spiro atoms. The minimum atomic E-state index is -3.86. The number of rotatable bonds is 7. The number of sulfonamides is 1. The number of nitrogens with two attached hydrogens (primary N) is 1. The summed E-state index contributed by atoms with van der Waals surface area (Å²) < 4.78 is 32.6. The van der Waals surface area contributed by atoms with E-state index in [1.165, 1.54) is 55.6 Å². The van der Waals surface area contributed by atoms with Gasteiger partial charge in [0.2, 0.25) is 0 Å². The van der Waals surface area contributed by atoms with E-state index in [-0.39, 0.29) is 27.4 Å². The molecular weight excluding hydrogens is 406 g/mol. The summed E-state index contributed by atoms with van der Waals surface area (Å²) in [5, 5.41) is 2.61. The highest BCUT2D eigenvalue weighted by Gasteiger charge is 2.16. The molecule has 0 aliphatic rings. The zero-order valence-corrected chi connectivity index (χ0v) is 16.8. The van der Waals surface area contributed by atoms with Gasteiger partial charge in [0.25, 0.3) is 21.8 Å². The van der Waals surface area contributed by atoms with Gasteiger partial charge in [0.15, 0.2) is 0 Å². The fourth-order valence-corrected chi connectivity index (χ4v) is 3.74. The zero-order chi connectivity index (χ0) is 21.7. The van der Waals surface area contributed by atoms with Crippen molar-refractivity contribution in [3.8, 4) is 5.75 Å². The van der Waals surface area contributed by atoms with Crippen molar-refractivity contribution in [2.75, 3.05) is 17.1 Å². The molecule has 3 aromatic rings. The Morgan fingerprint density at radius 2 is 1.63 bits per heavy atom. The van der Waals surface area contributed by atoms with Gasteiger partial charge in [-0.2, -0.15) is 0 Å². The maximum atomic E-state index is 12.6. The largest absolute Gasteiger partial charge is 0.497 e. The molecule has 3 rings (SSSR count). The van der Waals surface area contributed by atoms with Gasteiger partial charge in [0.1, 0.15) is 5.75 Å². The first-order chi connectivity index (χ1) is 14.3. The number of ether oxygens (including phenoxy) is 1. The molecule has 0 atom stereocenters. The Balaban J connectivity index is 1.80. The van der Waals surface area contributed by atoms with Crippen LogP contribution in [0.15, 0.2) is 77.7 Å². The summed E-state index contributed by atoms with van der Waals surface area (Å²) in [7, 11) is -2.37. The minimum absolute atomic E-state index is 0.0496. The van der Waals surface area contributed by atoms with Crippen LogP contribution in [0.2, 0.25) is 0 Å². The lowest BCUT2D eigenvalue weighted by atomic mass is 10.1. The number of nitrogens with one attached hydrogen (secondary N) is 2. The Kier molecular flexibility index (Phi) is 6.03. The molecule has 0 aromatic heterocycles. The van der Waals surface area contributed by atoms with Gasteiger partial charge < -0.3 is 15.8 Å². The summed E-state index contributed by atoms with van der Waals surface area (Å²) in [4.78, 5) is 24.2. The van der Waals surface area contributed by atoms with Crippen molar-refractivity contribution in [2.45, 2.75) is 4.90 Å². The maximum Gasteiger partial charge on any atom is 0.261 e. The van der Waals surface area contributed by atoms with Crippen LogP contribution in [0.4, 0.5) is 11.4 Å². The van der Waals surface area contributed by atoms with Gasteiger partial charge in [-0.1, -0.05) is 18.2 Å². The first-order valence-corrected chi connectivity index (χ1v) is 10.3. The summed E-state index contributed by atoms with van der Waals surface area (Å²) in [5.74, 6) is -0.662. The quantitative estimate of drug-likeness (QED) is 0.536. The average Bonchev–Trinajstić information content (AvgIpc) is 2.74. The standard InChI is InChI=1S/C21H19N3O5S/c1-29-16-9-11-17(12-10-16)30(27,28)24-15-6-4-5-14(13-15)21(26)23-19-8-3-2-7-18(19)20(22)25/h2-13,24H,1H3,(H2,22,25)(H,23,26). The number of carbonyl (C=O) groups excluding carboxylic acids is 2. The third kappa shape index (κ3) is 4.76. The van der Waals surface area contributed by atoms with Crippen LogP contribution < -0.4 is 20.5 Å². The number of primary amides is 1. The van der Waals surface area contributed by atoms with E-state index in [9.17, 15) is 18.0 Å². The van der Waals surface area contributed by atoms with E-state index in [0.717, 1.165) is 0 Å². The number of para-hydroxylation sites is 1. The lowest BCUT2D eigenvalue weighted by molar-refractivity contribution is 0.100. The van der Waals surface area contributed by atoms with Gasteiger partial charge in [0.05, 0.1) is 23.3 Å². The number of hydrogen-bond donors (Lipinski definition) is 3. The monoisotopic (exact) mass is 425 g/mol. The second-order valence-electron chi connectivity index (χ2n) is 6.23. The average molecular weight is 425 g/mol. The van der Waals surface area contributed by atoms with Crippen LogP contribution in [0.5, 0.6) is 5.75 Å². The summed E-state index contributed by atoms with van der Waals surface area (Å²) in [6.07, 6.45) is 0. The Hall–Kier alpha value is -3.85. The molecule has 9 heteroatoms. The molecule has 154 valence electrons. The molecule has 0 radical (unpaired) electrons. The molecule has 4 N–H and O–H groups in total.